The van der Waals surface area contributed by atoms with Crippen LogP contribution in [0.15, 0.2) is 24.3 Å². The number of fused-ring (bicyclic) bond motifs is 1. The van der Waals surface area contributed by atoms with Gasteiger partial charge in [0.05, 0.1) is 11.3 Å². The van der Waals surface area contributed by atoms with Crippen LogP contribution in [0.3, 0.4) is 0 Å². The zero-order chi connectivity index (χ0) is 14.7. The van der Waals surface area contributed by atoms with E-state index in [1.807, 2.05) is 13.8 Å². The van der Waals surface area contributed by atoms with Crippen molar-refractivity contribution >= 4 is 23.3 Å². The van der Waals surface area contributed by atoms with Crippen molar-refractivity contribution in [3.8, 4) is 0 Å². The Balaban J connectivity index is 2.08. The summed E-state index contributed by atoms with van der Waals surface area (Å²) in [5.41, 5.74) is 0.882. The molecule has 0 bridgehead atoms. The highest BCUT2D eigenvalue weighted by Gasteiger charge is 2.36. The normalized spacial score (nSPS) is 15.2. The van der Waals surface area contributed by atoms with Crippen molar-refractivity contribution in [1.29, 1.82) is 0 Å². The Kier molecular flexibility index (Phi) is 4.17. The first kappa shape index (κ1) is 14.2. The van der Waals surface area contributed by atoms with Gasteiger partial charge in [-0.2, -0.15) is 0 Å². The van der Waals surface area contributed by atoms with Crippen LogP contribution in [0.4, 0.5) is 5.69 Å². The number of para-hydroxylation sites is 1. The summed E-state index contributed by atoms with van der Waals surface area (Å²) in [7, 11) is 0. The van der Waals surface area contributed by atoms with Crippen molar-refractivity contribution in [3.05, 3.63) is 29.8 Å². The number of hydrogen-bond donors (Lipinski definition) is 1. The zero-order valence-corrected chi connectivity index (χ0v) is 11.7. The minimum absolute atomic E-state index is 0.0659. The average molecular weight is 274 g/mol. The van der Waals surface area contributed by atoms with Gasteiger partial charge in [-0.15, -0.1) is 0 Å². The fourth-order valence-electron chi connectivity index (χ4n) is 2.37. The minimum atomic E-state index is -0.635. The molecule has 1 heterocycles. The number of rotatable bonds is 5. The third-order valence-corrected chi connectivity index (χ3v) is 3.31. The molecule has 0 saturated heterocycles. The molecular formula is C15H18N2O3. The van der Waals surface area contributed by atoms with Crippen molar-refractivity contribution in [1.82, 2.24) is 5.32 Å². The smallest absolute Gasteiger partial charge is 0.299 e. The van der Waals surface area contributed by atoms with Crippen LogP contribution in [-0.4, -0.2) is 30.2 Å². The van der Waals surface area contributed by atoms with Crippen molar-refractivity contribution < 1.29 is 14.4 Å². The lowest BCUT2D eigenvalue weighted by atomic mass is 10.1. The maximum absolute atomic E-state index is 11.9. The van der Waals surface area contributed by atoms with Crippen molar-refractivity contribution in [2.45, 2.75) is 32.7 Å². The van der Waals surface area contributed by atoms with Crippen LogP contribution in [-0.2, 0) is 9.59 Å². The third-order valence-electron chi connectivity index (χ3n) is 3.31. The second kappa shape index (κ2) is 5.86. The molecule has 1 aromatic carbocycles. The van der Waals surface area contributed by atoms with Crippen LogP contribution in [0.25, 0.3) is 0 Å². The molecule has 0 saturated carbocycles. The molecule has 2 rings (SSSR count). The summed E-state index contributed by atoms with van der Waals surface area (Å²) in [6.45, 7) is 3.85. The summed E-state index contributed by atoms with van der Waals surface area (Å²) < 4.78 is 0. The molecule has 0 radical (unpaired) electrons. The predicted molar refractivity (Wildman–Crippen MR) is 75.6 cm³/mol. The lowest BCUT2D eigenvalue weighted by Gasteiger charge is -2.18. The van der Waals surface area contributed by atoms with E-state index in [0.717, 1.165) is 12.8 Å². The van der Waals surface area contributed by atoms with Gasteiger partial charge in [-0.1, -0.05) is 25.5 Å². The number of nitrogens with zero attached hydrogens (tertiary/aromatic N) is 1. The van der Waals surface area contributed by atoms with E-state index in [9.17, 15) is 14.4 Å². The van der Waals surface area contributed by atoms with Gasteiger partial charge in [0.15, 0.2) is 0 Å². The Morgan fingerprint density at radius 2 is 2.00 bits per heavy atom. The van der Waals surface area contributed by atoms with Crippen molar-refractivity contribution in [3.63, 3.8) is 0 Å². The minimum Gasteiger partial charge on any atom is -0.352 e. The van der Waals surface area contributed by atoms with Gasteiger partial charge in [-0.05, 0) is 25.5 Å². The Hall–Kier alpha value is -2.17. The van der Waals surface area contributed by atoms with E-state index < -0.39 is 11.7 Å². The molecule has 5 nitrogen and oxygen atoms in total. The summed E-state index contributed by atoms with van der Waals surface area (Å²) in [5.74, 6) is -1.43. The summed E-state index contributed by atoms with van der Waals surface area (Å²) in [6.07, 6.45) is 1.86. The molecule has 1 atom stereocenters. The van der Waals surface area contributed by atoms with Gasteiger partial charge in [0.25, 0.3) is 11.7 Å². The van der Waals surface area contributed by atoms with Gasteiger partial charge in [-0.3, -0.25) is 19.3 Å². The summed E-state index contributed by atoms with van der Waals surface area (Å²) in [4.78, 5) is 36.9. The van der Waals surface area contributed by atoms with E-state index in [0.29, 0.717) is 11.3 Å². The van der Waals surface area contributed by atoms with Gasteiger partial charge in [0, 0.05) is 6.04 Å². The zero-order valence-electron chi connectivity index (χ0n) is 11.7. The predicted octanol–water partition coefficient (Wildman–Crippen LogP) is 1.52. The van der Waals surface area contributed by atoms with Gasteiger partial charge in [-0.25, -0.2) is 0 Å². The van der Waals surface area contributed by atoms with Gasteiger partial charge in [0.2, 0.25) is 5.91 Å². The maximum atomic E-state index is 11.9. The van der Waals surface area contributed by atoms with E-state index in [-0.39, 0.29) is 18.5 Å². The number of carbonyl (C=O) groups is 3. The Morgan fingerprint density at radius 1 is 1.30 bits per heavy atom. The fraction of sp³-hybridized carbons (Fsp3) is 0.400. The Bertz CT molecular complexity index is 554. The molecule has 1 aromatic rings. The quantitative estimate of drug-likeness (QED) is 0.828. The molecule has 5 heteroatoms. The van der Waals surface area contributed by atoms with E-state index in [1.54, 1.807) is 24.3 Å². The number of hydrogen-bond acceptors (Lipinski definition) is 3. The SMILES string of the molecule is CCCC(C)NC(=O)CN1C(=O)C(=O)c2ccccc21. The molecule has 0 aromatic heterocycles. The number of nitrogens with one attached hydrogen (secondary N) is 1. The second-order valence-electron chi connectivity index (χ2n) is 4.99. The first-order valence-electron chi connectivity index (χ1n) is 6.79. The van der Waals surface area contributed by atoms with Crippen molar-refractivity contribution in [2.24, 2.45) is 0 Å². The molecule has 106 valence electrons. The standard InChI is InChI=1S/C15H18N2O3/c1-3-6-10(2)16-13(18)9-17-12-8-5-4-7-11(12)14(19)15(17)20/h4-5,7-8,10H,3,6,9H2,1-2H3,(H,16,18). The molecule has 1 N–H and O–H groups in total. The monoisotopic (exact) mass is 274 g/mol. The highest BCUT2D eigenvalue weighted by Crippen LogP contribution is 2.27. The van der Waals surface area contributed by atoms with Gasteiger partial charge < -0.3 is 5.32 Å². The molecular weight excluding hydrogens is 256 g/mol. The molecule has 2 amide bonds. The first-order valence-corrected chi connectivity index (χ1v) is 6.79. The van der Waals surface area contributed by atoms with Crippen molar-refractivity contribution in [2.75, 3.05) is 11.4 Å². The van der Waals surface area contributed by atoms with Crippen LogP contribution in [0.2, 0.25) is 0 Å². The topological polar surface area (TPSA) is 66.5 Å². The van der Waals surface area contributed by atoms with Crippen LogP contribution in [0, 0.1) is 0 Å². The molecule has 0 fully saturated rings. The number of Topliss-reactive ketones (excluding diaryl/α,β-unsaturated/α-hetero) is 1. The van der Waals surface area contributed by atoms with Crippen LogP contribution >= 0.6 is 0 Å². The van der Waals surface area contributed by atoms with E-state index in [2.05, 4.69) is 5.32 Å². The summed E-state index contributed by atoms with van der Waals surface area (Å²) in [5, 5.41) is 2.83. The lowest BCUT2D eigenvalue weighted by molar-refractivity contribution is -0.122. The second-order valence-corrected chi connectivity index (χ2v) is 4.99. The molecule has 1 aliphatic rings. The molecule has 0 spiro atoms. The fourth-order valence-corrected chi connectivity index (χ4v) is 2.37. The van der Waals surface area contributed by atoms with Crippen LogP contribution < -0.4 is 10.2 Å². The summed E-state index contributed by atoms with van der Waals surface area (Å²) in [6, 6.07) is 6.80. The Morgan fingerprint density at radius 3 is 2.70 bits per heavy atom. The van der Waals surface area contributed by atoms with Crippen LogP contribution in [0.5, 0.6) is 0 Å². The number of benzene rings is 1. The lowest BCUT2D eigenvalue weighted by Crippen LogP contribution is -2.43. The molecule has 1 aliphatic heterocycles. The highest BCUT2D eigenvalue weighted by atomic mass is 16.2. The van der Waals surface area contributed by atoms with Gasteiger partial charge >= 0.3 is 0 Å². The van der Waals surface area contributed by atoms with E-state index in [4.69, 9.17) is 0 Å². The number of ketones is 1. The largest absolute Gasteiger partial charge is 0.352 e. The summed E-state index contributed by atoms with van der Waals surface area (Å²) >= 11 is 0. The average Bonchev–Trinajstić information content (AvgIpc) is 2.65. The Labute approximate surface area is 118 Å². The number of amides is 2. The van der Waals surface area contributed by atoms with Crippen LogP contribution in [0.1, 0.15) is 37.0 Å². The third kappa shape index (κ3) is 2.71. The highest BCUT2D eigenvalue weighted by molar-refractivity contribution is 6.52. The molecule has 1 unspecified atom stereocenters. The van der Waals surface area contributed by atoms with Gasteiger partial charge in [0.1, 0.15) is 6.54 Å². The van der Waals surface area contributed by atoms with E-state index >= 15 is 0 Å². The first-order chi connectivity index (χ1) is 9.54. The molecule has 20 heavy (non-hydrogen) atoms. The number of carbonyl (C=O) groups excluding carboxylic acids is 3. The van der Waals surface area contributed by atoms with E-state index in [1.165, 1.54) is 4.90 Å². The number of anilines is 1. The molecule has 0 aliphatic carbocycles. The maximum Gasteiger partial charge on any atom is 0.299 e.